The average Bonchev–Trinajstić information content (AvgIpc) is 2.38. The van der Waals surface area contributed by atoms with Crippen LogP contribution in [-0.4, -0.2) is 0 Å². The molecule has 0 aliphatic heterocycles. The first-order valence-corrected chi connectivity index (χ1v) is 7.20. The van der Waals surface area contributed by atoms with Crippen LogP contribution in [0.25, 0.3) is 0 Å². The summed E-state index contributed by atoms with van der Waals surface area (Å²) in [5.41, 5.74) is 5.41. The Morgan fingerprint density at radius 1 is 1.05 bits per heavy atom. The molecule has 3 rings (SSSR count). The number of hydrazine groups is 1. The van der Waals surface area contributed by atoms with Crippen LogP contribution in [0.3, 0.4) is 0 Å². The van der Waals surface area contributed by atoms with Gasteiger partial charge in [0.2, 0.25) is 0 Å². The maximum absolute atomic E-state index is 13.5. The normalized spacial score (nSPS) is 16.5. The highest BCUT2D eigenvalue weighted by Gasteiger charge is 2.25. The van der Waals surface area contributed by atoms with Crippen molar-refractivity contribution in [2.75, 3.05) is 0 Å². The van der Waals surface area contributed by atoms with E-state index in [2.05, 4.69) is 11.5 Å². The maximum Gasteiger partial charge on any atom is 0.126 e. The van der Waals surface area contributed by atoms with Gasteiger partial charge < -0.3 is 0 Å². The molecule has 1 aliphatic carbocycles. The first-order chi connectivity index (χ1) is 10.2. The number of hydrogen-bond donors (Lipinski definition) is 2. The third-order valence-corrected chi connectivity index (χ3v) is 4.24. The van der Waals surface area contributed by atoms with Crippen LogP contribution in [0.1, 0.15) is 47.9 Å². The number of nitrogens with two attached hydrogens (primary N) is 1. The standard InChI is InChI=1S/C17H18F2N2/c18-13-8-12(9-14(19)10-13)17(21-20)16-7-2-1-6-15(16)11-4-3-5-11/h1-2,6-11,17,21H,3-5,20H2. The van der Waals surface area contributed by atoms with Gasteiger partial charge in [-0.25, -0.2) is 14.2 Å². The highest BCUT2D eigenvalue weighted by Crippen LogP contribution is 2.40. The summed E-state index contributed by atoms with van der Waals surface area (Å²) in [5.74, 6) is 5.01. The summed E-state index contributed by atoms with van der Waals surface area (Å²) < 4.78 is 26.9. The molecule has 0 aromatic heterocycles. The average molecular weight is 288 g/mol. The lowest BCUT2D eigenvalue weighted by atomic mass is 9.76. The van der Waals surface area contributed by atoms with E-state index in [0.717, 1.165) is 24.5 Å². The number of benzene rings is 2. The van der Waals surface area contributed by atoms with Crippen LogP contribution in [0.2, 0.25) is 0 Å². The lowest BCUT2D eigenvalue weighted by Crippen LogP contribution is -2.30. The van der Waals surface area contributed by atoms with Crippen molar-refractivity contribution in [1.29, 1.82) is 0 Å². The molecular weight excluding hydrogens is 270 g/mol. The Labute approximate surface area is 122 Å². The van der Waals surface area contributed by atoms with E-state index in [9.17, 15) is 8.78 Å². The highest BCUT2D eigenvalue weighted by molar-refractivity contribution is 5.40. The minimum Gasteiger partial charge on any atom is -0.271 e. The molecule has 21 heavy (non-hydrogen) atoms. The smallest absolute Gasteiger partial charge is 0.126 e. The Balaban J connectivity index is 2.03. The Morgan fingerprint density at radius 2 is 1.71 bits per heavy atom. The quantitative estimate of drug-likeness (QED) is 0.663. The van der Waals surface area contributed by atoms with Crippen molar-refractivity contribution in [1.82, 2.24) is 5.43 Å². The van der Waals surface area contributed by atoms with Gasteiger partial charge in [0, 0.05) is 6.07 Å². The second-order valence-corrected chi connectivity index (χ2v) is 5.56. The monoisotopic (exact) mass is 288 g/mol. The van der Waals surface area contributed by atoms with Gasteiger partial charge in [-0.15, -0.1) is 0 Å². The number of hydrogen-bond acceptors (Lipinski definition) is 2. The lowest BCUT2D eigenvalue weighted by molar-refractivity contribution is 0.414. The van der Waals surface area contributed by atoms with Crippen LogP contribution < -0.4 is 11.3 Å². The van der Waals surface area contributed by atoms with Crippen LogP contribution in [-0.2, 0) is 0 Å². The van der Waals surface area contributed by atoms with Gasteiger partial charge in [-0.05, 0) is 47.6 Å². The molecule has 1 saturated carbocycles. The summed E-state index contributed by atoms with van der Waals surface area (Å²) in [6, 6.07) is 11.1. The van der Waals surface area contributed by atoms with Gasteiger partial charge in [0.1, 0.15) is 11.6 Å². The van der Waals surface area contributed by atoms with Gasteiger partial charge in [0.05, 0.1) is 6.04 Å². The van der Waals surface area contributed by atoms with E-state index < -0.39 is 17.7 Å². The second kappa shape index (κ2) is 5.92. The summed E-state index contributed by atoms with van der Waals surface area (Å²) in [6.45, 7) is 0. The van der Waals surface area contributed by atoms with Crippen LogP contribution in [0, 0.1) is 11.6 Å². The van der Waals surface area contributed by atoms with E-state index in [1.165, 1.54) is 24.1 Å². The fourth-order valence-corrected chi connectivity index (χ4v) is 2.97. The topological polar surface area (TPSA) is 38.0 Å². The summed E-state index contributed by atoms with van der Waals surface area (Å²) in [5, 5.41) is 0. The van der Waals surface area contributed by atoms with Crippen molar-refractivity contribution in [3.63, 3.8) is 0 Å². The molecule has 3 N–H and O–H groups in total. The Bertz CT molecular complexity index is 618. The Morgan fingerprint density at radius 3 is 2.29 bits per heavy atom. The zero-order chi connectivity index (χ0) is 14.8. The van der Waals surface area contributed by atoms with Crippen molar-refractivity contribution in [2.45, 2.75) is 31.2 Å². The molecule has 0 saturated heterocycles. The molecule has 0 heterocycles. The van der Waals surface area contributed by atoms with E-state index >= 15 is 0 Å². The van der Waals surface area contributed by atoms with Crippen LogP contribution in [0.5, 0.6) is 0 Å². The van der Waals surface area contributed by atoms with E-state index in [1.807, 2.05) is 18.2 Å². The molecule has 110 valence electrons. The Hall–Kier alpha value is -1.78. The molecule has 0 amide bonds. The predicted molar refractivity (Wildman–Crippen MR) is 78.6 cm³/mol. The second-order valence-electron chi connectivity index (χ2n) is 5.56. The van der Waals surface area contributed by atoms with Gasteiger partial charge >= 0.3 is 0 Å². The molecule has 4 heteroatoms. The summed E-state index contributed by atoms with van der Waals surface area (Å²) >= 11 is 0. The molecule has 2 nitrogen and oxygen atoms in total. The number of halogens is 2. The predicted octanol–water partition coefficient (Wildman–Crippen LogP) is 3.79. The van der Waals surface area contributed by atoms with E-state index in [1.54, 1.807) is 0 Å². The highest BCUT2D eigenvalue weighted by atomic mass is 19.1. The summed E-state index contributed by atoms with van der Waals surface area (Å²) in [6.07, 6.45) is 3.55. The number of nitrogens with one attached hydrogen (secondary N) is 1. The van der Waals surface area contributed by atoms with E-state index in [4.69, 9.17) is 5.84 Å². The van der Waals surface area contributed by atoms with Gasteiger partial charge in [0.25, 0.3) is 0 Å². The molecular formula is C17H18F2N2. The minimum atomic E-state index is -0.591. The van der Waals surface area contributed by atoms with Crippen molar-refractivity contribution in [3.8, 4) is 0 Å². The molecule has 0 bridgehead atoms. The number of rotatable bonds is 4. The fourth-order valence-electron chi connectivity index (χ4n) is 2.97. The van der Waals surface area contributed by atoms with Gasteiger partial charge in [0.15, 0.2) is 0 Å². The van der Waals surface area contributed by atoms with Crippen molar-refractivity contribution in [2.24, 2.45) is 5.84 Å². The van der Waals surface area contributed by atoms with E-state index in [-0.39, 0.29) is 0 Å². The van der Waals surface area contributed by atoms with Gasteiger partial charge in [-0.1, -0.05) is 30.7 Å². The van der Waals surface area contributed by atoms with Crippen LogP contribution in [0.15, 0.2) is 42.5 Å². The molecule has 2 aromatic carbocycles. The van der Waals surface area contributed by atoms with Crippen molar-refractivity contribution >= 4 is 0 Å². The first-order valence-electron chi connectivity index (χ1n) is 7.20. The SMILES string of the molecule is NNC(c1cc(F)cc(F)c1)c1ccccc1C1CCC1. The zero-order valence-electron chi connectivity index (χ0n) is 11.7. The lowest BCUT2D eigenvalue weighted by Gasteiger charge is -2.30. The summed E-state index contributed by atoms with van der Waals surface area (Å²) in [7, 11) is 0. The molecule has 0 spiro atoms. The maximum atomic E-state index is 13.5. The molecule has 1 aliphatic rings. The van der Waals surface area contributed by atoms with Crippen LogP contribution in [0.4, 0.5) is 8.78 Å². The van der Waals surface area contributed by atoms with Crippen LogP contribution >= 0.6 is 0 Å². The third kappa shape index (κ3) is 2.82. The Kier molecular flexibility index (Phi) is 3.99. The minimum absolute atomic E-state index is 0.410. The van der Waals surface area contributed by atoms with Gasteiger partial charge in [-0.3, -0.25) is 5.84 Å². The molecule has 1 unspecified atom stereocenters. The first kappa shape index (κ1) is 14.2. The fraction of sp³-hybridized carbons (Fsp3) is 0.294. The molecule has 1 atom stereocenters. The van der Waals surface area contributed by atoms with Crippen molar-refractivity contribution in [3.05, 3.63) is 70.8 Å². The largest absolute Gasteiger partial charge is 0.271 e. The molecule has 2 aromatic rings. The van der Waals surface area contributed by atoms with Gasteiger partial charge in [-0.2, -0.15) is 0 Å². The molecule has 0 radical (unpaired) electrons. The summed E-state index contributed by atoms with van der Waals surface area (Å²) in [4.78, 5) is 0. The van der Waals surface area contributed by atoms with E-state index in [0.29, 0.717) is 11.5 Å². The third-order valence-electron chi connectivity index (χ3n) is 4.24. The molecule has 1 fully saturated rings. The zero-order valence-corrected chi connectivity index (χ0v) is 11.7. The van der Waals surface area contributed by atoms with Crippen molar-refractivity contribution < 1.29 is 8.78 Å².